The summed E-state index contributed by atoms with van der Waals surface area (Å²) in [6, 6.07) is 8.75. The van der Waals surface area contributed by atoms with Crippen molar-refractivity contribution in [2.24, 2.45) is 0 Å². The minimum absolute atomic E-state index is 0. The first-order valence-electron chi connectivity index (χ1n) is 4.86. The monoisotopic (exact) mass is 274 g/mol. The predicted molar refractivity (Wildman–Crippen MR) is 61.4 cm³/mol. The summed E-state index contributed by atoms with van der Waals surface area (Å²) in [5.74, 6) is 0. The number of aryl methyl sites for hydroxylation is 2. The molecule has 0 atom stereocenters. The van der Waals surface area contributed by atoms with E-state index in [4.69, 9.17) is 0 Å². The summed E-state index contributed by atoms with van der Waals surface area (Å²) in [6.07, 6.45) is 0. The van der Waals surface area contributed by atoms with E-state index in [1.165, 1.54) is 6.07 Å². The second kappa shape index (κ2) is 5.48. The van der Waals surface area contributed by atoms with E-state index >= 15 is 0 Å². The topological polar surface area (TPSA) is 57.2 Å². The number of hydrogen-bond donors (Lipinski definition) is 0. The van der Waals surface area contributed by atoms with Gasteiger partial charge in [-0.05, 0) is 41.8 Å². The summed E-state index contributed by atoms with van der Waals surface area (Å²) in [6.45, 7) is 3.57. The number of rotatable bonds is 1. The Morgan fingerprint density at radius 3 is 2.29 bits per heavy atom. The summed E-state index contributed by atoms with van der Waals surface area (Å²) in [5, 5.41) is 1.80. The minimum atomic E-state index is -4.39. The molecule has 0 spiro atoms. The van der Waals surface area contributed by atoms with Crippen LogP contribution in [0, 0.1) is 13.8 Å². The van der Waals surface area contributed by atoms with Gasteiger partial charge in [0.2, 0.25) is 0 Å². The van der Waals surface area contributed by atoms with Gasteiger partial charge in [-0.1, -0.05) is 24.3 Å². The second-order valence-electron chi connectivity index (χ2n) is 3.82. The van der Waals surface area contributed by atoms with Gasteiger partial charge in [0.1, 0.15) is 10.1 Å². The summed E-state index contributed by atoms with van der Waals surface area (Å²) in [7, 11) is -4.39. The smallest absolute Gasteiger partial charge is 0.744 e. The molecule has 3 nitrogen and oxygen atoms in total. The molecular weight excluding hydrogens is 263 g/mol. The average molecular weight is 274 g/mol. The van der Waals surface area contributed by atoms with Crippen molar-refractivity contribution in [3.63, 3.8) is 0 Å². The van der Waals surface area contributed by atoms with Crippen molar-refractivity contribution in [2.45, 2.75) is 18.7 Å². The maximum absolute atomic E-state index is 11.1. The van der Waals surface area contributed by atoms with Crippen molar-refractivity contribution < 1.29 is 64.4 Å². The van der Waals surface area contributed by atoms with E-state index in [-0.39, 0.29) is 56.3 Å². The van der Waals surface area contributed by atoms with E-state index in [9.17, 15) is 13.0 Å². The third kappa shape index (κ3) is 2.98. The first-order valence-corrected chi connectivity index (χ1v) is 6.27. The fourth-order valence-electron chi connectivity index (χ4n) is 2.03. The Morgan fingerprint density at radius 2 is 1.71 bits per heavy atom. The molecule has 2 aromatic carbocycles. The normalized spacial score (nSPS) is 11.2. The summed E-state index contributed by atoms with van der Waals surface area (Å²) in [4.78, 5) is -0.130. The second-order valence-corrected chi connectivity index (χ2v) is 5.16. The van der Waals surface area contributed by atoms with Crippen molar-refractivity contribution in [3.05, 3.63) is 41.5 Å². The van der Waals surface area contributed by atoms with Gasteiger partial charge in [0.05, 0.1) is 4.90 Å². The molecule has 0 bridgehead atoms. The maximum atomic E-state index is 11.1. The molecule has 0 aliphatic rings. The number of fused-ring (bicyclic) bond motifs is 1. The van der Waals surface area contributed by atoms with Gasteiger partial charge in [-0.3, -0.25) is 0 Å². The van der Waals surface area contributed by atoms with E-state index in [2.05, 4.69) is 0 Å². The Bertz CT molecular complexity index is 663. The standard InChI is InChI=1S/C12H12O3S.K/c1-8-4-3-5-10-6-7-11(16(13,14)15)9(2)12(8)10;/h3-7H,1-2H3,(H,13,14,15);/q;+1/p-1. The van der Waals surface area contributed by atoms with Gasteiger partial charge in [0.25, 0.3) is 0 Å². The van der Waals surface area contributed by atoms with Gasteiger partial charge in [-0.2, -0.15) is 0 Å². The molecule has 0 saturated carbocycles. The van der Waals surface area contributed by atoms with Crippen LogP contribution in [0.4, 0.5) is 0 Å². The SMILES string of the molecule is Cc1cccc2ccc(S(=O)(=O)[O-])c(C)c12.[K+]. The van der Waals surface area contributed by atoms with Crippen LogP contribution in [-0.2, 0) is 10.1 Å². The fourth-order valence-corrected chi connectivity index (χ4v) is 2.74. The summed E-state index contributed by atoms with van der Waals surface area (Å²) in [5.41, 5.74) is 1.51. The molecule has 0 N–H and O–H groups in total. The molecule has 5 heteroatoms. The van der Waals surface area contributed by atoms with Crippen molar-refractivity contribution in [1.82, 2.24) is 0 Å². The minimum Gasteiger partial charge on any atom is -0.744 e. The van der Waals surface area contributed by atoms with Crippen molar-refractivity contribution in [2.75, 3.05) is 0 Å². The molecule has 0 radical (unpaired) electrons. The van der Waals surface area contributed by atoms with E-state index in [0.717, 1.165) is 16.3 Å². The molecule has 0 aliphatic carbocycles. The van der Waals surface area contributed by atoms with E-state index in [0.29, 0.717) is 5.56 Å². The zero-order chi connectivity index (χ0) is 11.9. The van der Waals surface area contributed by atoms with Crippen LogP contribution in [0.15, 0.2) is 35.2 Å². The van der Waals surface area contributed by atoms with Crippen LogP contribution in [0.2, 0.25) is 0 Å². The number of benzene rings is 2. The predicted octanol–water partition coefficient (Wildman–Crippen LogP) is -0.635. The first-order chi connectivity index (χ1) is 7.41. The zero-order valence-corrected chi connectivity index (χ0v) is 14.0. The fraction of sp³-hybridized carbons (Fsp3) is 0.167. The van der Waals surface area contributed by atoms with Gasteiger partial charge in [-0.15, -0.1) is 0 Å². The molecule has 0 fully saturated rings. The third-order valence-corrected chi connectivity index (χ3v) is 3.71. The van der Waals surface area contributed by atoms with E-state index in [1.54, 1.807) is 13.0 Å². The van der Waals surface area contributed by atoms with Crippen LogP contribution in [-0.4, -0.2) is 13.0 Å². The molecule has 2 rings (SSSR count). The van der Waals surface area contributed by atoms with Crippen LogP contribution in [0.5, 0.6) is 0 Å². The molecule has 0 unspecified atom stereocenters. The van der Waals surface area contributed by atoms with Gasteiger partial charge < -0.3 is 4.55 Å². The molecule has 0 aliphatic heterocycles. The molecule has 0 heterocycles. The zero-order valence-electron chi connectivity index (χ0n) is 10.0. The molecule has 17 heavy (non-hydrogen) atoms. The number of hydrogen-bond acceptors (Lipinski definition) is 3. The molecular formula is C12H11KO3S. The maximum Gasteiger partial charge on any atom is 1.00 e. The largest absolute Gasteiger partial charge is 1.00 e. The van der Waals surface area contributed by atoms with Gasteiger partial charge in [0.15, 0.2) is 0 Å². The average Bonchev–Trinajstić information content (AvgIpc) is 2.16. The first kappa shape index (κ1) is 15.3. The Hall–Kier alpha value is 0.246. The molecule has 0 amide bonds. The van der Waals surface area contributed by atoms with Crippen molar-refractivity contribution in [1.29, 1.82) is 0 Å². The molecule has 2 aromatic rings. The van der Waals surface area contributed by atoms with Crippen LogP contribution in [0.1, 0.15) is 11.1 Å². The molecule has 0 aromatic heterocycles. The van der Waals surface area contributed by atoms with Gasteiger partial charge >= 0.3 is 51.4 Å². The van der Waals surface area contributed by atoms with Gasteiger partial charge in [0, 0.05) is 0 Å². The molecule has 0 saturated heterocycles. The molecule has 84 valence electrons. The summed E-state index contributed by atoms with van der Waals surface area (Å²) < 4.78 is 33.2. The van der Waals surface area contributed by atoms with Crippen molar-refractivity contribution in [3.8, 4) is 0 Å². The Labute approximate surface area is 143 Å². The Balaban J connectivity index is 0.00000144. The van der Waals surface area contributed by atoms with Gasteiger partial charge in [-0.25, -0.2) is 8.42 Å². The van der Waals surface area contributed by atoms with E-state index in [1.807, 2.05) is 25.1 Å². The van der Waals surface area contributed by atoms with Crippen LogP contribution in [0.3, 0.4) is 0 Å². The summed E-state index contributed by atoms with van der Waals surface area (Å²) >= 11 is 0. The quantitative estimate of drug-likeness (QED) is 0.514. The van der Waals surface area contributed by atoms with Crippen LogP contribution < -0.4 is 51.4 Å². The van der Waals surface area contributed by atoms with Crippen LogP contribution in [0.25, 0.3) is 10.8 Å². The van der Waals surface area contributed by atoms with Crippen LogP contribution >= 0.6 is 0 Å². The van der Waals surface area contributed by atoms with Crippen molar-refractivity contribution >= 4 is 20.9 Å². The Kier molecular flexibility index (Phi) is 4.94. The Morgan fingerprint density at radius 1 is 1.06 bits per heavy atom. The van der Waals surface area contributed by atoms with E-state index < -0.39 is 10.1 Å². The third-order valence-electron chi connectivity index (χ3n) is 2.73.